The van der Waals surface area contributed by atoms with Gasteiger partial charge in [0.2, 0.25) is 11.8 Å². The molecule has 1 fully saturated rings. The number of nitrogens with one attached hydrogen (secondary N) is 1. The lowest BCUT2D eigenvalue weighted by atomic mass is 10.2. The molecule has 0 spiro atoms. The number of amides is 3. The molecule has 7 heteroatoms. The lowest BCUT2D eigenvalue weighted by Gasteiger charge is -2.22. The number of imide groups is 1. The summed E-state index contributed by atoms with van der Waals surface area (Å²) in [5, 5.41) is 2.81. The van der Waals surface area contributed by atoms with Crippen molar-refractivity contribution in [1.82, 2.24) is 4.90 Å². The second-order valence-corrected chi connectivity index (χ2v) is 7.46. The van der Waals surface area contributed by atoms with Gasteiger partial charge in [0.15, 0.2) is 0 Å². The van der Waals surface area contributed by atoms with E-state index in [1.807, 2.05) is 38.1 Å². The minimum Gasteiger partial charge on any atom is -0.494 e. The first-order valence-electron chi connectivity index (χ1n) is 10.1. The number of rotatable bonds is 8. The van der Waals surface area contributed by atoms with Gasteiger partial charge in [0.25, 0.3) is 5.91 Å². The molecule has 1 aliphatic rings. The topological polar surface area (TPSA) is 79.0 Å². The summed E-state index contributed by atoms with van der Waals surface area (Å²) in [6.45, 7) is 4.61. The van der Waals surface area contributed by atoms with Crippen LogP contribution in [-0.4, -0.2) is 48.9 Å². The number of hydrogen-bond donors (Lipinski definition) is 1. The van der Waals surface area contributed by atoms with Crippen LogP contribution in [0.5, 0.6) is 5.75 Å². The van der Waals surface area contributed by atoms with Gasteiger partial charge in [0.05, 0.1) is 31.3 Å². The van der Waals surface area contributed by atoms with Crippen LogP contribution < -0.4 is 15.0 Å². The van der Waals surface area contributed by atoms with Crippen molar-refractivity contribution < 1.29 is 19.1 Å². The quantitative estimate of drug-likeness (QED) is 0.678. The summed E-state index contributed by atoms with van der Waals surface area (Å²) in [5.74, 6) is -0.149. The minimum absolute atomic E-state index is 0.00913. The van der Waals surface area contributed by atoms with Crippen LogP contribution in [-0.2, 0) is 14.4 Å². The molecule has 0 saturated carbocycles. The molecule has 1 unspecified atom stereocenters. The van der Waals surface area contributed by atoms with Crippen molar-refractivity contribution in [2.75, 3.05) is 30.4 Å². The average molecular weight is 409 g/mol. The SMILES string of the molecule is CCCOc1ccc(N2C(=O)CC(N(C)CC(=O)Nc3ccc(C)cc3)C2=O)cc1. The van der Waals surface area contributed by atoms with Gasteiger partial charge in [-0.2, -0.15) is 0 Å². The van der Waals surface area contributed by atoms with E-state index in [1.165, 1.54) is 4.90 Å². The molecule has 0 radical (unpaired) electrons. The lowest BCUT2D eigenvalue weighted by Crippen LogP contribution is -2.43. The molecule has 3 amide bonds. The van der Waals surface area contributed by atoms with E-state index in [-0.39, 0.29) is 30.7 Å². The summed E-state index contributed by atoms with van der Waals surface area (Å²) in [7, 11) is 1.68. The van der Waals surface area contributed by atoms with Gasteiger partial charge in [-0.15, -0.1) is 0 Å². The Balaban J connectivity index is 1.61. The van der Waals surface area contributed by atoms with Crippen molar-refractivity contribution >= 4 is 29.1 Å². The Morgan fingerprint density at radius 3 is 2.43 bits per heavy atom. The third kappa shape index (κ3) is 5.04. The predicted octanol–water partition coefficient (Wildman–Crippen LogP) is 2.99. The molecule has 1 N–H and O–H groups in total. The van der Waals surface area contributed by atoms with Crippen molar-refractivity contribution in [3.63, 3.8) is 0 Å². The number of nitrogens with zero attached hydrogens (tertiary/aromatic N) is 2. The summed E-state index contributed by atoms with van der Waals surface area (Å²) >= 11 is 0. The van der Waals surface area contributed by atoms with E-state index in [1.54, 1.807) is 36.2 Å². The highest BCUT2D eigenvalue weighted by atomic mass is 16.5. The Bertz CT molecular complexity index is 909. The van der Waals surface area contributed by atoms with Gasteiger partial charge < -0.3 is 10.1 Å². The zero-order valence-electron chi connectivity index (χ0n) is 17.6. The van der Waals surface area contributed by atoms with E-state index in [0.29, 0.717) is 23.7 Å². The Kier molecular flexibility index (Phi) is 6.84. The number of benzene rings is 2. The highest BCUT2D eigenvalue weighted by Gasteiger charge is 2.42. The van der Waals surface area contributed by atoms with Gasteiger partial charge in [-0.05, 0) is 56.8 Å². The summed E-state index contributed by atoms with van der Waals surface area (Å²) in [5.41, 5.74) is 2.30. The number of ether oxygens (including phenoxy) is 1. The van der Waals surface area contributed by atoms with Crippen LogP contribution in [0, 0.1) is 6.92 Å². The fourth-order valence-electron chi connectivity index (χ4n) is 3.32. The lowest BCUT2D eigenvalue weighted by molar-refractivity contribution is -0.123. The van der Waals surface area contributed by atoms with Gasteiger partial charge in [-0.1, -0.05) is 24.6 Å². The van der Waals surface area contributed by atoms with Crippen molar-refractivity contribution in [2.45, 2.75) is 32.7 Å². The molecule has 1 aliphatic heterocycles. The van der Waals surface area contributed by atoms with Gasteiger partial charge in [0.1, 0.15) is 5.75 Å². The first kappa shape index (κ1) is 21.5. The number of likely N-dealkylation sites (N-methyl/N-ethyl adjacent to an activating group) is 1. The van der Waals surface area contributed by atoms with Crippen LogP contribution in [0.4, 0.5) is 11.4 Å². The molecule has 158 valence electrons. The molecule has 1 heterocycles. The fourth-order valence-corrected chi connectivity index (χ4v) is 3.32. The second kappa shape index (κ2) is 9.54. The molecular weight excluding hydrogens is 382 g/mol. The highest BCUT2D eigenvalue weighted by molar-refractivity contribution is 6.22. The first-order chi connectivity index (χ1) is 14.4. The van der Waals surface area contributed by atoms with E-state index in [4.69, 9.17) is 4.74 Å². The monoisotopic (exact) mass is 409 g/mol. The third-order valence-corrected chi connectivity index (χ3v) is 4.95. The van der Waals surface area contributed by atoms with Gasteiger partial charge in [-0.25, -0.2) is 4.90 Å². The molecule has 1 saturated heterocycles. The molecule has 0 bridgehead atoms. The molecule has 2 aromatic rings. The molecule has 0 aromatic heterocycles. The maximum Gasteiger partial charge on any atom is 0.251 e. The summed E-state index contributed by atoms with van der Waals surface area (Å²) in [6, 6.07) is 13.7. The summed E-state index contributed by atoms with van der Waals surface area (Å²) < 4.78 is 5.54. The van der Waals surface area contributed by atoms with Crippen LogP contribution >= 0.6 is 0 Å². The number of hydrogen-bond acceptors (Lipinski definition) is 5. The molecule has 1 atom stereocenters. The van der Waals surface area contributed by atoms with Gasteiger partial charge in [0, 0.05) is 5.69 Å². The fraction of sp³-hybridized carbons (Fsp3) is 0.348. The summed E-state index contributed by atoms with van der Waals surface area (Å²) in [4.78, 5) is 40.6. The molecule has 7 nitrogen and oxygen atoms in total. The normalized spacial score (nSPS) is 16.3. The number of aryl methyl sites for hydroxylation is 1. The van der Waals surface area contributed by atoms with Gasteiger partial charge in [-0.3, -0.25) is 19.3 Å². The predicted molar refractivity (Wildman–Crippen MR) is 116 cm³/mol. The molecule has 0 aliphatic carbocycles. The Morgan fingerprint density at radius 2 is 1.80 bits per heavy atom. The van der Waals surface area contributed by atoms with E-state index in [2.05, 4.69) is 5.32 Å². The highest BCUT2D eigenvalue weighted by Crippen LogP contribution is 2.27. The van der Waals surface area contributed by atoms with E-state index >= 15 is 0 Å². The Hall–Kier alpha value is -3.19. The van der Waals surface area contributed by atoms with Crippen molar-refractivity contribution in [3.05, 3.63) is 54.1 Å². The van der Waals surface area contributed by atoms with Crippen molar-refractivity contribution in [2.24, 2.45) is 0 Å². The van der Waals surface area contributed by atoms with Crippen LogP contribution in [0.1, 0.15) is 25.3 Å². The van der Waals surface area contributed by atoms with Crippen LogP contribution in [0.15, 0.2) is 48.5 Å². The van der Waals surface area contributed by atoms with Gasteiger partial charge >= 0.3 is 0 Å². The molecule has 30 heavy (non-hydrogen) atoms. The smallest absolute Gasteiger partial charge is 0.251 e. The van der Waals surface area contributed by atoms with Crippen LogP contribution in [0.3, 0.4) is 0 Å². The number of anilines is 2. The Labute approximate surface area is 176 Å². The third-order valence-electron chi connectivity index (χ3n) is 4.95. The Morgan fingerprint density at radius 1 is 1.13 bits per heavy atom. The van der Waals surface area contributed by atoms with E-state index in [0.717, 1.165) is 12.0 Å². The maximum absolute atomic E-state index is 12.9. The summed E-state index contributed by atoms with van der Waals surface area (Å²) in [6.07, 6.45) is 0.942. The molecule has 2 aromatic carbocycles. The second-order valence-electron chi connectivity index (χ2n) is 7.46. The molecular formula is C23H27N3O4. The maximum atomic E-state index is 12.9. The standard InChI is InChI=1S/C23H27N3O4/c1-4-13-30-19-11-9-18(10-12-19)26-22(28)14-20(23(26)29)25(3)15-21(27)24-17-7-5-16(2)6-8-17/h5-12,20H,4,13-15H2,1-3H3,(H,24,27). The average Bonchev–Trinajstić information content (AvgIpc) is 3.02. The minimum atomic E-state index is -0.669. The zero-order chi connectivity index (χ0) is 21.7. The first-order valence-corrected chi connectivity index (χ1v) is 10.1. The number of carbonyl (C=O) groups excluding carboxylic acids is 3. The van der Waals surface area contributed by atoms with E-state index < -0.39 is 6.04 Å². The van der Waals surface area contributed by atoms with Crippen LogP contribution in [0.2, 0.25) is 0 Å². The van der Waals surface area contributed by atoms with E-state index in [9.17, 15) is 14.4 Å². The molecule has 3 rings (SSSR count). The largest absolute Gasteiger partial charge is 0.494 e. The number of carbonyl (C=O) groups is 3. The van der Waals surface area contributed by atoms with Crippen LogP contribution in [0.25, 0.3) is 0 Å². The zero-order valence-corrected chi connectivity index (χ0v) is 17.6. The van der Waals surface area contributed by atoms with Crippen molar-refractivity contribution in [3.8, 4) is 5.75 Å². The van der Waals surface area contributed by atoms with Crippen molar-refractivity contribution in [1.29, 1.82) is 0 Å².